The van der Waals surface area contributed by atoms with E-state index in [0.29, 0.717) is 22.6 Å². The van der Waals surface area contributed by atoms with Gasteiger partial charge in [0.1, 0.15) is 13.2 Å². The summed E-state index contributed by atoms with van der Waals surface area (Å²) in [4.78, 5) is 16.5. The number of aliphatic carboxylic acids is 1. The molecular weight excluding hydrogens is 494 g/mol. The van der Waals surface area contributed by atoms with E-state index in [4.69, 9.17) is 14.3 Å². The molecule has 2 aromatic carbocycles. The second-order valence-electron chi connectivity index (χ2n) is 5.45. The fourth-order valence-electron chi connectivity index (χ4n) is 2.39. The first-order valence-electron chi connectivity index (χ1n) is 8.31. The maximum atomic E-state index is 11.6. The first-order valence-corrected chi connectivity index (χ1v) is 9.90. The topological polar surface area (TPSA) is 77.4 Å². The van der Waals surface area contributed by atoms with Gasteiger partial charge in [-0.3, -0.25) is 0 Å². The van der Waals surface area contributed by atoms with Crippen LogP contribution in [0.2, 0.25) is 0 Å². The Morgan fingerprint density at radius 3 is 2.57 bits per heavy atom. The highest BCUT2D eigenvalue weighted by Crippen LogP contribution is 2.31. The van der Waals surface area contributed by atoms with Gasteiger partial charge in [-0.1, -0.05) is 35.5 Å². The van der Waals surface area contributed by atoms with Crippen molar-refractivity contribution in [1.82, 2.24) is 0 Å². The lowest BCUT2D eigenvalue weighted by atomic mass is 10.0. The zero-order valence-corrected chi connectivity index (χ0v) is 18.5. The van der Waals surface area contributed by atoms with Gasteiger partial charge in [0.25, 0.3) is 0 Å². The van der Waals surface area contributed by atoms with Gasteiger partial charge >= 0.3 is 5.97 Å². The van der Waals surface area contributed by atoms with Gasteiger partial charge in [0, 0.05) is 5.56 Å². The van der Waals surface area contributed by atoms with Gasteiger partial charge in [0.15, 0.2) is 17.2 Å². The Bertz CT molecular complexity index is 892. The average molecular weight is 513 g/mol. The van der Waals surface area contributed by atoms with Gasteiger partial charge in [-0.05, 0) is 68.1 Å². The van der Waals surface area contributed by atoms with Gasteiger partial charge in [-0.25, -0.2) is 4.79 Å². The fraction of sp³-hybridized carbons (Fsp3) is 0.200. The zero-order valence-electron chi connectivity index (χ0n) is 15.3. The minimum atomic E-state index is -1.17. The molecule has 2 rings (SSSR count). The number of carboxylic acid groups (broad SMARTS) is 1. The molecule has 0 aliphatic carbocycles. The number of methoxy groups -OCH3 is 1. The Kier molecular flexibility index (Phi) is 8.53. The van der Waals surface area contributed by atoms with Crippen molar-refractivity contribution in [3.63, 3.8) is 0 Å². The Labute approximate surface area is 180 Å². The standard InChI is InChI=1S/C20H19Br2NO5/c1-3-28-23-19(20(24)25)15-7-5-4-6-14(15)12-27-17-10-13(11-18(21)22)8-9-16(17)26-2/h4-11H,3,12H2,1-2H3,(H,24,25)/b23-19+. The molecule has 0 aromatic heterocycles. The average Bonchev–Trinajstić information content (AvgIpc) is 2.67. The highest BCUT2D eigenvalue weighted by Gasteiger charge is 2.18. The number of oxime groups is 1. The van der Waals surface area contributed by atoms with Crippen LogP contribution < -0.4 is 9.47 Å². The van der Waals surface area contributed by atoms with Crippen LogP contribution in [0.4, 0.5) is 0 Å². The Balaban J connectivity index is 2.33. The molecule has 0 saturated carbocycles. The van der Waals surface area contributed by atoms with Gasteiger partial charge in [-0.15, -0.1) is 0 Å². The van der Waals surface area contributed by atoms with Crippen molar-refractivity contribution in [1.29, 1.82) is 0 Å². The first-order chi connectivity index (χ1) is 13.5. The van der Waals surface area contributed by atoms with Crippen molar-refractivity contribution in [2.24, 2.45) is 5.16 Å². The number of hydrogen-bond acceptors (Lipinski definition) is 5. The van der Waals surface area contributed by atoms with Crippen LogP contribution in [-0.2, 0) is 16.2 Å². The minimum absolute atomic E-state index is 0.133. The Morgan fingerprint density at radius 2 is 1.93 bits per heavy atom. The minimum Gasteiger partial charge on any atom is -0.493 e. The lowest BCUT2D eigenvalue weighted by Crippen LogP contribution is -2.18. The summed E-state index contributed by atoms with van der Waals surface area (Å²) >= 11 is 6.66. The van der Waals surface area contributed by atoms with Crippen LogP contribution in [0.3, 0.4) is 0 Å². The van der Waals surface area contributed by atoms with E-state index in [1.165, 1.54) is 0 Å². The maximum Gasteiger partial charge on any atom is 0.358 e. The predicted molar refractivity (Wildman–Crippen MR) is 115 cm³/mol. The molecule has 0 fully saturated rings. The summed E-state index contributed by atoms with van der Waals surface area (Å²) < 4.78 is 12.1. The summed E-state index contributed by atoms with van der Waals surface area (Å²) in [5, 5.41) is 13.2. The summed E-state index contributed by atoms with van der Waals surface area (Å²) in [6, 6.07) is 12.5. The van der Waals surface area contributed by atoms with Crippen molar-refractivity contribution in [3.05, 3.63) is 62.5 Å². The third-order valence-electron chi connectivity index (χ3n) is 3.61. The number of hydrogen-bond donors (Lipinski definition) is 1. The van der Waals surface area contributed by atoms with Crippen molar-refractivity contribution in [2.45, 2.75) is 13.5 Å². The molecule has 0 spiro atoms. The smallest absolute Gasteiger partial charge is 0.358 e. The molecule has 0 aliphatic rings. The van der Waals surface area contributed by atoms with Crippen LogP contribution >= 0.6 is 31.9 Å². The quantitative estimate of drug-likeness (QED) is 0.369. The summed E-state index contributed by atoms with van der Waals surface area (Å²) in [6.07, 6.45) is 1.87. The first kappa shape index (κ1) is 22.0. The van der Waals surface area contributed by atoms with E-state index >= 15 is 0 Å². The van der Waals surface area contributed by atoms with Crippen LogP contribution in [0.1, 0.15) is 23.6 Å². The molecule has 0 radical (unpaired) electrons. The van der Waals surface area contributed by atoms with Crippen LogP contribution in [0.15, 0.2) is 51.0 Å². The highest BCUT2D eigenvalue weighted by atomic mass is 79.9. The van der Waals surface area contributed by atoms with Crippen LogP contribution in [-0.4, -0.2) is 30.5 Å². The zero-order chi connectivity index (χ0) is 20.5. The summed E-state index contributed by atoms with van der Waals surface area (Å²) in [6.45, 7) is 2.14. The van der Waals surface area contributed by atoms with E-state index < -0.39 is 5.97 Å². The number of carboxylic acids is 1. The molecule has 0 amide bonds. The summed E-state index contributed by atoms with van der Waals surface area (Å²) in [5.41, 5.74) is 1.82. The number of halogens is 2. The van der Waals surface area contributed by atoms with E-state index in [1.807, 2.05) is 18.2 Å². The summed E-state index contributed by atoms with van der Waals surface area (Å²) in [5.74, 6) is -0.0690. The molecule has 1 N–H and O–H groups in total. The van der Waals surface area contributed by atoms with E-state index in [1.54, 1.807) is 44.4 Å². The molecule has 0 heterocycles. The van der Waals surface area contributed by atoms with E-state index in [9.17, 15) is 9.90 Å². The third-order valence-corrected chi connectivity index (χ3v) is 4.06. The van der Waals surface area contributed by atoms with Gasteiger partial charge in [0.2, 0.25) is 0 Å². The molecule has 0 aliphatic heterocycles. The maximum absolute atomic E-state index is 11.6. The fourth-order valence-corrected chi connectivity index (χ4v) is 2.92. The van der Waals surface area contributed by atoms with Crippen molar-refractivity contribution >= 4 is 49.6 Å². The van der Waals surface area contributed by atoms with Crippen molar-refractivity contribution < 1.29 is 24.2 Å². The lowest BCUT2D eigenvalue weighted by Gasteiger charge is -2.14. The predicted octanol–water partition coefficient (Wildman–Crippen LogP) is 5.19. The number of nitrogens with zero attached hydrogens (tertiary/aromatic N) is 1. The number of ether oxygens (including phenoxy) is 2. The lowest BCUT2D eigenvalue weighted by molar-refractivity contribution is -0.129. The van der Waals surface area contributed by atoms with E-state index in [0.717, 1.165) is 8.96 Å². The van der Waals surface area contributed by atoms with Crippen LogP contribution in [0, 0.1) is 0 Å². The van der Waals surface area contributed by atoms with Crippen molar-refractivity contribution in [3.8, 4) is 11.5 Å². The molecule has 8 heteroatoms. The molecule has 2 aromatic rings. The Morgan fingerprint density at radius 1 is 1.18 bits per heavy atom. The molecule has 148 valence electrons. The SMILES string of the molecule is CCO/N=C(/C(=O)O)c1ccccc1COc1cc(C=C(Br)Br)ccc1OC. The third kappa shape index (κ3) is 6.10. The van der Waals surface area contributed by atoms with E-state index in [2.05, 4.69) is 37.0 Å². The van der Waals surface area contributed by atoms with Gasteiger partial charge < -0.3 is 19.4 Å². The molecule has 28 heavy (non-hydrogen) atoms. The number of rotatable bonds is 9. The molecule has 0 unspecified atom stereocenters. The monoisotopic (exact) mass is 511 g/mol. The van der Waals surface area contributed by atoms with E-state index in [-0.39, 0.29) is 18.9 Å². The van der Waals surface area contributed by atoms with Gasteiger partial charge in [-0.2, -0.15) is 0 Å². The second-order valence-corrected chi connectivity index (χ2v) is 8.23. The Hall–Kier alpha value is -2.32. The second kappa shape index (κ2) is 10.9. The van der Waals surface area contributed by atoms with Crippen molar-refractivity contribution in [2.75, 3.05) is 13.7 Å². The molecule has 6 nitrogen and oxygen atoms in total. The number of benzene rings is 2. The van der Waals surface area contributed by atoms with Gasteiger partial charge in [0.05, 0.1) is 10.5 Å². The highest BCUT2D eigenvalue weighted by molar-refractivity contribution is 9.28. The molecule has 0 saturated heterocycles. The number of carbonyl (C=O) groups is 1. The summed E-state index contributed by atoms with van der Waals surface area (Å²) in [7, 11) is 1.56. The molecule has 0 bridgehead atoms. The molecular formula is C20H19Br2NO5. The molecule has 0 atom stereocenters. The van der Waals surface area contributed by atoms with Crippen LogP contribution in [0.5, 0.6) is 11.5 Å². The largest absolute Gasteiger partial charge is 0.493 e. The normalized spacial score (nSPS) is 10.9. The van der Waals surface area contributed by atoms with Crippen LogP contribution in [0.25, 0.3) is 6.08 Å².